The largest absolute Gasteiger partial charge is 0.507 e. The van der Waals surface area contributed by atoms with Crippen molar-refractivity contribution >= 4 is 22.8 Å². The molecule has 0 aliphatic carbocycles. The second kappa shape index (κ2) is 10.4. The molecule has 0 atom stereocenters. The van der Waals surface area contributed by atoms with Crippen molar-refractivity contribution in [3.63, 3.8) is 0 Å². The van der Waals surface area contributed by atoms with Gasteiger partial charge in [-0.15, -0.1) is 0 Å². The van der Waals surface area contributed by atoms with Gasteiger partial charge in [-0.3, -0.25) is 9.69 Å². The second-order valence-electron chi connectivity index (χ2n) is 8.48. The van der Waals surface area contributed by atoms with E-state index in [0.717, 1.165) is 23.0 Å². The van der Waals surface area contributed by atoms with Crippen molar-refractivity contribution in [2.24, 2.45) is 0 Å². The molecule has 1 aromatic heterocycles. The Kier molecular flexibility index (Phi) is 7.36. The number of nitrogens with zero attached hydrogens (tertiary/aromatic N) is 2. The maximum absolute atomic E-state index is 13.4. The van der Waals surface area contributed by atoms with Gasteiger partial charge in [-0.1, -0.05) is 18.2 Å². The highest BCUT2D eigenvalue weighted by molar-refractivity contribution is 6.16. The van der Waals surface area contributed by atoms with E-state index in [1.807, 2.05) is 37.4 Å². The number of ether oxygens (including phenoxy) is 3. The van der Waals surface area contributed by atoms with Gasteiger partial charge in [-0.2, -0.15) is 0 Å². The first-order chi connectivity index (χ1) is 16.5. The molecule has 180 valence electrons. The number of Topliss-reactive ketones (excluding diaryl/α,β-unsaturated/α-hetero) is 1. The third kappa shape index (κ3) is 4.59. The van der Waals surface area contributed by atoms with Crippen molar-refractivity contribution < 1.29 is 24.1 Å². The van der Waals surface area contributed by atoms with E-state index in [-0.39, 0.29) is 17.3 Å². The fourth-order valence-electron chi connectivity index (χ4n) is 4.46. The third-order valence-electron chi connectivity index (χ3n) is 6.27. The lowest BCUT2D eigenvalue weighted by Gasteiger charge is -2.23. The number of para-hydroxylation sites is 1. The summed E-state index contributed by atoms with van der Waals surface area (Å²) in [5.41, 5.74) is 3.85. The fourth-order valence-corrected chi connectivity index (χ4v) is 4.46. The summed E-state index contributed by atoms with van der Waals surface area (Å²) in [4.78, 5) is 15.5. The molecule has 0 spiro atoms. The molecule has 4 rings (SSSR count). The molecule has 0 bridgehead atoms. The highest BCUT2D eigenvalue weighted by atomic mass is 16.5. The van der Waals surface area contributed by atoms with Crippen LogP contribution in [0.1, 0.15) is 34.0 Å². The molecule has 0 saturated carbocycles. The minimum absolute atomic E-state index is 0.118. The Morgan fingerprint density at radius 2 is 1.85 bits per heavy atom. The Labute approximate surface area is 200 Å². The van der Waals surface area contributed by atoms with Crippen molar-refractivity contribution in [3.8, 4) is 11.5 Å². The minimum atomic E-state index is -0.164. The number of rotatable bonds is 10. The standard InChI is InChI=1S/C27H32N2O5/c1-5-29-16-19(20-8-6-7-9-22(20)29)15-24-26(31)25-18(2)14-23(30)21(27(25)34-24)17-28(10-12-32-3)11-13-33-4/h6-9,14-16,30H,5,10-13,17H2,1-4H3/b24-15+. The number of carbonyl (C=O) groups is 1. The van der Waals surface area contributed by atoms with Crippen molar-refractivity contribution in [2.45, 2.75) is 26.9 Å². The van der Waals surface area contributed by atoms with Crippen molar-refractivity contribution in [1.29, 1.82) is 0 Å². The molecule has 3 aromatic rings. The Morgan fingerprint density at radius 3 is 2.53 bits per heavy atom. The maximum atomic E-state index is 13.4. The first kappa shape index (κ1) is 24.0. The molecule has 1 N–H and O–H groups in total. The van der Waals surface area contributed by atoms with Gasteiger partial charge in [0, 0.05) is 63.1 Å². The number of benzene rings is 2. The zero-order chi connectivity index (χ0) is 24.2. The number of hydrogen-bond donors (Lipinski definition) is 1. The Balaban J connectivity index is 1.72. The third-order valence-corrected chi connectivity index (χ3v) is 6.27. The number of carbonyl (C=O) groups excluding carboxylic acids is 1. The van der Waals surface area contributed by atoms with Crippen molar-refractivity contribution in [1.82, 2.24) is 9.47 Å². The van der Waals surface area contributed by atoms with Crippen molar-refractivity contribution in [3.05, 3.63) is 64.5 Å². The number of phenolic OH excluding ortho intramolecular Hbond substituents is 1. The normalized spacial score (nSPS) is 14.4. The lowest BCUT2D eigenvalue weighted by molar-refractivity contribution is 0.101. The summed E-state index contributed by atoms with van der Waals surface area (Å²) in [5.74, 6) is 0.659. The van der Waals surface area contributed by atoms with Gasteiger partial charge in [-0.05, 0) is 37.6 Å². The highest BCUT2D eigenvalue weighted by Crippen LogP contribution is 2.42. The predicted octanol–water partition coefficient (Wildman–Crippen LogP) is 4.39. The summed E-state index contributed by atoms with van der Waals surface area (Å²) in [5, 5.41) is 11.9. The quantitative estimate of drug-likeness (QED) is 0.449. The number of methoxy groups -OCH3 is 2. The van der Waals surface area contributed by atoms with Gasteiger partial charge in [0.05, 0.1) is 24.3 Å². The first-order valence-electron chi connectivity index (χ1n) is 11.6. The maximum Gasteiger partial charge on any atom is 0.232 e. The summed E-state index contributed by atoms with van der Waals surface area (Å²) >= 11 is 0. The molecule has 34 heavy (non-hydrogen) atoms. The summed E-state index contributed by atoms with van der Waals surface area (Å²) in [6, 6.07) is 9.77. The second-order valence-corrected chi connectivity index (χ2v) is 8.48. The van der Waals surface area contributed by atoms with Gasteiger partial charge in [-0.25, -0.2) is 0 Å². The molecule has 0 unspecified atom stereocenters. The SMILES string of the molecule is CCn1cc(/C=C2/Oc3c(CN(CCOC)CCOC)c(O)cc(C)c3C2=O)c2ccccc21. The predicted molar refractivity (Wildman–Crippen MR) is 132 cm³/mol. The van der Waals surface area contributed by atoms with Crippen LogP contribution in [0.5, 0.6) is 11.5 Å². The Bertz CT molecular complexity index is 1220. The van der Waals surface area contributed by atoms with E-state index in [2.05, 4.69) is 22.5 Å². The average molecular weight is 465 g/mol. The molecule has 2 aromatic carbocycles. The van der Waals surface area contributed by atoms with Crippen LogP contribution in [0.4, 0.5) is 0 Å². The zero-order valence-corrected chi connectivity index (χ0v) is 20.3. The molecule has 0 radical (unpaired) electrons. The van der Waals surface area contributed by atoms with Gasteiger partial charge >= 0.3 is 0 Å². The summed E-state index contributed by atoms with van der Waals surface area (Å²) in [6.07, 6.45) is 3.85. The van der Waals surface area contributed by atoms with Gasteiger partial charge < -0.3 is 23.9 Å². The van der Waals surface area contributed by atoms with Crippen LogP contribution in [0.25, 0.3) is 17.0 Å². The first-order valence-corrected chi connectivity index (χ1v) is 11.6. The van der Waals surface area contributed by atoms with E-state index in [4.69, 9.17) is 14.2 Å². The molecular formula is C27H32N2O5. The van der Waals surface area contributed by atoms with E-state index in [9.17, 15) is 9.90 Å². The van der Waals surface area contributed by atoms with Gasteiger partial charge in [0.25, 0.3) is 0 Å². The molecule has 2 heterocycles. The highest BCUT2D eigenvalue weighted by Gasteiger charge is 2.34. The fraction of sp³-hybridized carbons (Fsp3) is 0.370. The van der Waals surface area contributed by atoms with E-state index < -0.39 is 0 Å². The molecule has 7 heteroatoms. The molecular weight excluding hydrogens is 432 g/mol. The molecule has 1 aliphatic rings. The number of allylic oxidation sites excluding steroid dienone is 1. The van der Waals surface area contributed by atoms with Gasteiger partial charge in [0.2, 0.25) is 5.78 Å². The molecule has 1 aliphatic heterocycles. The topological polar surface area (TPSA) is 73.2 Å². The smallest absolute Gasteiger partial charge is 0.232 e. The number of ketones is 1. The number of aromatic nitrogens is 1. The Morgan fingerprint density at radius 1 is 1.15 bits per heavy atom. The number of phenols is 1. The number of fused-ring (bicyclic) bond motifs is 2. The van der Waals surface area contributed by atoms with Crippen LogP contribution in [0.2, 0.25) is 0 Å². The summed E-state index contributed by atoms with van der Waals surface area (Å²) in [6.45, 7) is 7.57. The van der Waals surface area contributed by atoms with E-state index in [1.165, 1.54) is 0 Å². The van der Waals surface area contributed by atoms with Crippen molar-refractivity contribution in [2.75, 3.05) is 40.5 Å². The molecule has 0 saturated heterocycles. The zero-order valence-electron chi connectivity index (χ0n) is 20.3. The van der Waals surface area contributed by atoms with Gasteiger partial charge in [0.1, 0.15) is 11.5 Å². The minimum Gasteiger partial charge on any atom is -0.507 e. The van der Waals surface area contributed by atoms with Gasteiger partial charge in [0.15, 0.2) is 5.76 Å². The summed E-state index contributed by atoms with van der Waals surface area (Å²) < 4.78 is 18.8. The molecule has 7 nitrogen and oxygen atoms in total. The van der Waals surface area contributed by atoms with E-state index in [1.54, 1.807) is 20.3 Å². The summed E-state index contributed by atoms with van der Waals surface area (Å²) in [7, 11) is 3.31. The lowest BCUT2D eigenvalue weighted by Crippen LogP contribution is -2.30. The monoisotopic (exact) mass is 464 g/mol. The van der Waals surface area contributed by atoms with Crippen LogP contribution in [0.15, 0.2) is 42.3 Å². The van der Waals surface area contributed by atoms with Crippen LogP contribution >= 0.6 is 0 Å². The van der Waals surface area contributed by atoms with Crippen LogP contribution in [0.3, 0.4) is 0 Å². The average Bonchev–Trinajstić information content (AvgIpc) is 3.36. The molecule has 0 fully saturated rings. The number of hydrogen-bond acceptors (Lipinski definition) is 6. The Hall–Kier alpha value is -3.13. The van der Waals surface area contributed by atoms with Crippen LogP contribution in [-0.4, -0.2) is 60.9 Å². The number of aryl methyl sites for hydroxylation is 2. The van der Waals surface area contributed by atoms with Crippen LogP contribution in [0, 0.1) is 6.92 Å². The van der Waals surface area contributed by atoms with E-state index >= 15 is 0 Å². The van der Waals surface area contributed by atoms with Crippen LogP contribution in [-0.2, 0) is 22.6 Å². The van der Waals surface area contributed by atoms with E-state index in [0.29, 0.717) is 55.3 Å². The number of aromatic hydroxyl groups is 1. The molecule has 0 amide bonds. The van der Waals surface area contributed by atoms with Crippen LogP contribution < -0.4 is 4.74 Å². The lowest BCUT2D eigenvalue weighted by atomic mass is 9.99.